The van der Waals surface area contributed by atoms with Crippen molar-refractivity contribution in [3.8, 4) is 11.5 Å². The lowest BCUT2D eigenvalue weighted by Gasteiger charge is -2.36. The molecule has 1 aromatic carbocycles. The third-order valence-corrected chi connectivity index (χ3v) is 9.44. The van der Waals surface area contributed by atoms with E-state index in [1.54, 1.807) is 19.2 Å². The Kier molecular flexibility index (Phi) is 5.93. The SMILES string of the molecule is CNC(=O)c1cc2c(O)ccnc2cc1OCCO[Si](C)(C)C(C)(C)C. The zero-order chi connectivity index (χ0) is 19.5. The molecular formula is C19H28N2O4Si. The summed E-state index contributed by atoms with van der Waals surface area (Å²) in [6.07, 6.45) is 1.52. The maximum atomic E-state index is 12.2. The molecule has 142 valence electrons. The van der Waals surface area contributed by atoms with Crippen molar-refractivity contribution >= 4 is 25.1 Å². The van der Waals surface area contributed by atoms with E-state index in [2.05, 4.69) is 44.2 Å². The van der Waals surface area contributed by atoms with Gasteiger partial charge in [0.25, 0.3) is 5.91 Å². The van der Waals surface area contributed by atoms with Crippen molar-refractivity contribution in [1.29, 1.82) is 0 Å². The van der Waals surface area contributed by atoms with E-state index in [1.807, 2.05) is 0 Å². The Morgan fingerprint density at radius 3 is 2.58 bits per heavy atom. The molecule has 2 rings (SSSR count). The highest BCUT2D eigenvalue weighted by Crippen LogP contribution is 2.36. The molecule has 0 unspecified atom stereocenters. The van der Waals surface area contributed by atoms with Crippen LogP contribution in [-0.2, 0) is 4.43 Å². The predicted octanol–water partition coefficient (Wildman–Crippen LogP) is 3.70. The lowest BCUT2D eigenvalue weighted by atomic mass is 10.1. The second-order valence-corrected chi connectivity index (χ2v) is 12.5. The summed E-state index contributed by atoms with van der Waals surface area (Å²) in [5.74, 6) is 0.220. The Hall–Kier alpha value is -2.12. The van der Waals surface area contributed by atoms with Gasteiger partial charge in [0.1, 0.15) is 18.1 Å². The molecule has 1 amide bonds. The number of rotatable bonds is 6. The number of nitrogens with one attached hydrogen (secondary N) is 1. The van der Waals surface area contributed by atoms with Crippen molar-refractivity contribution in [3.63, 3.8) is 0 Å². The number of pyridine rings is 1. The number of amides is 1. The molecule has 0 spiro atoms. The van der Waals surface area contributed by atoms with E-state index in [-0.39, 0.29) is 16.7 Å². The summed E-state index contributed by atoms with van der Waals surface area (Å²) in [5, 5.41) is 13.2. The quantitative estimate of drug-likeness (QED) is 0.593. The minimum absolute atomic E-state index is 0.0768. The number of fused-ring (bicyclic) bond motifs is 1. The minimum Gasteiger partial charge on any atom is -0.507 e. The van der Waals surface area contributed by atoms with E-state index in [0.29, 0.717) is 35.4 Å². The smallest absolute Gasteiger partial charge is 0.254 e. The third-order valence-electron chi connectivity index (χ3n) is 4.90. The number of benzene rings is 1. The number of carbonyl (C=O) groups excluding carboxylic acids is 1. The fourth-order valence-electron chi connectivity index (χ4n) is 2.26. The number of hydrogen-bond acceptors (Lipinski definition) is 5. The fraction of sp³-hybridized carbons (Fsp3) is 0.474. The second kappa shape index (κ2) is 7.63. The molecule has 2 N–H and O–H groups in total. The molecule has 7 heteroatoms. The molecule has 26 heavy (non-hydrogen) atoms. The molecular weight excluding hydrogens is 348 g/mol. The molecule has 0 aliphatic rings. The van der Waals surface area contributed by atoms with Gasteiger partial charge in [-0.15, -0.1) is 0 Å². The minimum atomic E-state index is -1.84. The molecule has 0 atom stereocenters. The first-order valence-electron chi connectivity index (χ1n) is 8.67. The van der Waals surface area contributed by atoms with Crippen LogP contribution in [0.2, 0.25) is 18.1 Å². The Balaban J connectivity index is 2.19. The summed E-state index contributed by atoms with van der Waals surface area (Å²) in [5.41, 5.74) is 0.925. The highest BCUT2D eigenvalue weighted by atomic mass is 28.4. The number of nitrogens with zero attached hydrogens (tertiary/aromatic N) is 1. The molecule has 2 aromatic rings. The van der Waals surface area contributed by atoms with Crippen LogP contribution in [0.25, 0.3) is 10.9 Å². The van der Waals surface area contributed by atoms with E-state index >= 15 is 0 Å². The fourth-order valence-corrected chi connectivity index (χ4v) is 3.28. The largest absolute Gasteiger partial charge is 0.507 e. The molecule has 0 radical (unpaired) electrons. The van der Waals surface area contributed by atoms with E-state index in [9.17, 15) is 9.90 Å². The Bertz CT molecular complexity index is 800. The number of carbonyl (C=O) groups is 1. The van der Waals surface area contributed by atoms with Gasteiger partial charge in [0.15, 0.2) is 8.32 Å². The van der Waals surface area contributed by atoms with Crippen LogP contribution in [0.15, 0.2) is 24.4 Å². The van der Waals surface area contributed by atoms with Gasteiger partial charge in [-0.2, -0.15) is 0 Å². The van der Waals surface area contributed by atoms with Gasteiger partial charge in [0.2, 0.25) is 0 Å². The first-order chi connectivity index (χ1) is 12.1. The van der Waals surface area contributed by atoms with Gasteiger partial charge in [-0.05, 0) is 30.3 Å². The van der Waals surface area contributed by atoms with E-state index in [1.165, 1.54) is 12.3 Å². The molecule has 1 heterocycles. The van der Waals surface area contributed by atoms with Crippen LogP contribution in [0.4, 0.5) is 0 Å². The van der Waals surface area contributed by atoms with Crippen molar-refractivity contribution in [2.45, 2.75) is 38.9 Å². The van der Waals surface area contributed by atoms with Gasteiger partial charge >= 0.3 is 0 Å². The highest BCUT2D eigenvalue weighted by Gasteiger charge is 2.36. The molecule has 0 fully saturated rings. The van der Waals surface area contributed by atoms with Crippen LogP contribution in [0.1, 0.15) is 31.1 Å². The molecule has 0 aliphatic heterocycles. The van der Waals surface area contributed by atoms with Crippen molar-refractivity contribution < 1.29 is 19.1 Å². The van der Waals surface area contributed by atoms with Crippen LogP contribution in [-0.4, -0.2) is 44.6 Å². The number of hydrogen-bond donors (Lipinski definition) is 2. The van der Waals surface area contributed by atoms with Crippen molar-refractivity contribution in [2.24, 2.45) is 0 Å². The summed E-state index contributed by atoms with van der Waals surface area (Å²) >= 11 is 0. The van der Waals surface area contributed by atoms with Crippen LogP contribution in [0.5, 0.6) is 11.5 Å². The van der Waals surface area contributed by atoms with Crippen LogP contribution >= 0.6 is 0 Å². The molecule has 6 nitrogen and oxygen atoms in total. The van der Waals surface area contributed by atoms with Gasteiger partial charge in [0, 0.05) is 24.7 Å². The Morgan fingerprint density at radius 2 is 1.96 bits per heavy atom. The van der Waals surface area contributed by atoms with Gasteiger partial charge in [-0.3, -0.25) is 9.78 Å². The van der Waals surface area contributed by atoms with Crippen molar-refractivity contribution in [3.05, 3.63) is 30.0 Å². The van der Waals surface area contributed by atoms with Crippen LogP contribution in [0.3, 0.4) is 0 Å². The number of aromatic nitrogens is 1. The lowest BCUT2D eigenvalue weighted by molar-refractivity contribution is 0.0957. The second-order valence-electron chi connectivity index (χ2n) is 7.73. The van der Waals surface area contributed by atoms with E-state index < -0.39 is 8.32 Å². The van der Waals surface area contributed by atoms with Gasteiger partial charge < -0.3 is 19.6 Å². The van der Waals surface area contributed by atoms with Crippen LogP contribution < -0.4 is 10.1 Å². The maximum Gasteiger partial charge on any atom is 0.254 e. The molecule has 0 saturated heterocycles. The number of aromatic hydroxyl groups is 1. The summed E-state index contributed by atoms with van der Waals surface area (Å²) in [4.78, 5) is 16.4. The monoisotopic (exact) mass is 376 g/mol. The van der Waals surface area contributed by atoms with Gasteiger partial charge in [-0.25, -0.2) is 0 Å². The zero-order valence-corrected chi connectivity index (χ0v) is 17.3. The van der Waals surface area contributed by atoms with Crippen LogP contribution in [0, 0.1) is 0 Å². The van der Waals surface area contributed by atoms with E-state index in [4.69, 9.17) is 9.16 Å². The molecule has 1 aromatic heterocycles. The topological polar surface area (TPSA) is 80.7 Å². The molecule has 0 aliphatic carbocycles. The first-order valence-corrected chi connectivity index (χ1v) is 11.6. The summed E-state index contributed by atoms with van der Waals surface area (Å²) in [7, 11) is -0.286. The Morgan fingerprint density at radius 1 is 1.27 bits per heavy atom. The lowest BCUT2D eigenvalue weighted by Crippen LogP contribution is -2.41. The summed E-state index contributed by atoms with van der Waals surface area (Å²) < 4.78 is 11.9. The third kappa shape index (κ3) is 4.34. The average molecular weight is 377 g/mol. The maximum absolute atomic E-state index is 12.2. The predicted molar refractivity (Wildman–Crippen MR) is 105 cm³/mol. The van der Waals surface area contributed by atoms with Crippen molar-refractivity contribution in [1.82, 2.24) is 10.3 Å². The van der Waals surface area contributed by atoms with Gasteiger partial charge in [-0.1, -0.05) is 20.8 Å². The standard InChI is InChI=1S/C19H28N2O4Si/c1-19(2,3)26(5,6)25-10-9-24-17-12-15-13(16(22)7-8-21-15)11-14(17)18(23)20-4/h7-8,11-12H,9-10H2,1-6H3,(H,20,23)(H,21,22). The first kappa shape index (κ1) is 20.2. The molecule has 0 bridgehead atoms. The zero-order valence-electron chi connectivity index (χ0n) is 16.3. The Labute approximate surface area is 155 Å². The summed E-state index contributed by atoms with van der Waals surface area (Å²) in [6, 6.07) is 4.76. The van der Waals surface area contributed by atoms with Gasteiger partial charge in [0.05, 0.1) is 17.7 Å². The number of ether oxygens (including phenoxy) is 1. The summed E-state index contributed by atoms with van der Waals surface area (Å²) in [6.45, 7) is 11.7. The highest BCUT2D eigenvalue weighted by molar-refractivity contribution is 6.74. The normalized spacial score (nSPS) is 12.2. The van der Waals surface area contributed by atoms with Crippen molar-refractivity contribution in [2.75, 3.05) is 20.3 Å². The average Bonchev–Trinajstić information content (AvgIpc) is 2.56. The molecule has 0 saturated carbocycles. The van der Waals surface area contributed by atoms with E-state index in [0.717, 1.165) is 0 Å².